The summed E-state index contributed by atoms with van der Waals surface area (Å²) in [5.74, 6) is -1.19. The average Bonchev–Trinajstić information content (AvgIpc) is 2.77. The van der Waals surface area contributed by atoms with E-state index in [0.29, 0.717) is 46.3 Å². The predicted octanol–water partition coefficient (Wildman–Crippen LogP) is 4.90. The van der Waals surface area contributed by atoms with Crippen molar-refractivity contribution in [3.8, 4) is 17.0 Å². The number of aromatic hydroxyl groups is 1. The lowest BCUT2D eigenvalue weighted by Gasteiger charge is -2.13. The molecule has 162 valence electrons. The first-order chi connectivity index (χ1) is 14.8. The number of aromatic nitrogens is 1. The van der Waals surface area contributed by atoms with Crippen molar-refractivity contribution >= 4 is 29.1 Å². The van der Waals surface area contributed by atoms with Crippen molar-refractivity contribution in [1.29, 1.82) is 0 Å². The van der Waals surface area contributed by atoms with E-state index in [9.17, 15) is 19.1 Å². The minimum atomic E-state index is -0.705. The molecule has 0 spiro atoms. The van der Waals surface area contributed by atoms with Gasteiger partial charge in [0.25, 0.3) is 11.5 Å². The van der Waals surface area contributed by atoms with Gasteiger partial charge >= 0.3 is 0 Å². The van der Waals surface area contributed by atoms with Gasteiger partial charge in [-0.25, -0.2) is 4.39 Å². The first-order valence-corrected chi connectivity index (χ1v) is 10.4. The van der Waals surface area contributed by atoms with E-state index >= 15 is 0 Å². The molecule has 31 heavy (non-hydrogen) atoms. The highest BCUT2D eigenvalue weighted by Crippen LogP contribution is 2.25. The van der Waals surface area contributed by atoms with Crippen molar-refractivity contribution in [1.82, 2.24) is 9.88 Å². The third-order valence-corrected chi connectivity index (χ3v) is 5.68. The summed E-state index contributed by atoms with van der Waals surface area (Å²) in [7, 11) is 1.48. The summed E-state index contributed by atoms with van der Waals surface area (Å²) in [5.41, 5.74) is 1.58. The molecule has 5 nitrogen and oxygen atoms in total. The van der Waals surface area contributed by atoms with Crippen molar-refractivity contribution in [2.24, 2.45) is 7.05 Å². The van der Waals surface area contributed by atoms with Gasteiger partial charge in [0.05, 0.1) is 21.3 Å². The Morgan fingerprint density at radius 1 is 1.10 bits per heavy atom. The molecule has 1 heterocycles. The third-order valence-electron chi connectivity index (χ3n) is 4.94. The van der Waals surface area contributed by atoms with Crippen LogP contribution >= 0.6 is 23.2 Å². The zero-order valence-electron chi connectivity index (χ0n) is 16.8. The summed E-state index contributed by atoms with van der Waals surface area (Å²) >= 11 is 11.9. The van der Waals surface area contributed by atoms with Gasteiger partial charge in [0.15, 0.2) is 5.75 Å². The summed E-state index contributed by atoms with van der Waals surface area (Å²) in [4.78, 5) is 25.1. The average molecular weight is 463 g/mol. The maximum atomic E-state index is 13.0. The first kappa shape index (κ1) is 22.8. The number of halogens is 3. The molecule has 3 rings (SSSR count). The van der Waals surface area contributed by atoms with Gasteiger partial charge in [0.2, 0.25) is 0 Å². The highest BCUT2D eigenvalue weighted by molar-refractivity contribution is 6.42. The fraction of sp³-hybridized carbons (Fsp3) is 0.217. The number of amides is 1. The number of carbonyl (C=O) groups is 1. The largest absolute Gasteiger partial charge is 0.502 e. The minimum Gasteiger partial charge on any atom is -0.502 e. The molecule has 1 aromatic heterocycles. The van der Waals surface area contributed by atoms with Crippen LogP contribution in [-0.4, -0.2) is 22.1 Å². The number of aryl methyl sites for hydroxylation is 1. The molecule has 0 atom stereocenters. The Balaban J connectivity index is 1.75. The number of hydrogen-bond donors (Lipinski definition) is 2. The quantitative estimate of drug-likeness (QED) is 0.490. The second-order valence-electron chi connectivity index (χ2n) is 7.10. The van der Waals surface area contributed by atoms with Crippen LogP contribution in [0.1, 0.15) is 27.9 Å². The lowest BCUT2D eigenvalue weighted by Crippen LogP contribution is -2.28. The molecule has 0 saturated heterocycles. The Labute approximate surface area is 189 Å². The number of benzene rings is 2. The number of rotatable bonds is 7. The van der Waals surface area contributed by atoms with Gasteiger partial charge in [0, 0.05) is 13.6 Å². The summed E-state index contributed by atoms with van der Waals surface area (Å²) in [6, 6.07) is 13.4. The molecule has 3 aromatic rings. The zero-order valence-corrected chi connectivity index (χ0v) is 18.3. The molecule has 0 saturated carbocycles. The van der Waals surface area contributed by atoms with Gasteiger partial charge in [0.1, 0.15) is 6.67 Å². The van der Waals surface area contributed by atoms with Crippen molar-refractivity contribution in [2.45, 2.75) is 19.5 Å². The molecule has 0 fully saturated rings. The standard InChI is InChI=1S/C23H21Cl2FN2O3/c1-28-20(16-6-2-4-15(10-16)13-26)12-17(21(29)23(28)31)22(30)27-9-3-5-14-7-8-18(24)19(25)11-14/h2,4,6-8,10-12,29H,3,5,9,13H2,1H3,(H,27,30). The smallest absolute Gasteiger partial charge is 0.293 e. The lowest BCUT2D eigenvalue weighted by atomic mass is 10.0. The Hall–Kier alpha value is -2.83. The van der Waals surface area contributed by atoms with E-state index in [-0.39, 0.29) is 5.56 Å². The van der Waals surface area contributed by atoms with Crippen molar-refractivity contribution in [2.75, 3.05) is 6.54 Å². The highest BCUT2D eigenvalue weighted by atomic mass is 35.5. The molecule has 2 N–H and O–H groups in total. The van der Waals surface area contributed by atoms with E-state index in [1.165, 1.54) is 17.7 Å². The molecule has 8 heteroatoms. The first-order valence-electron chi connectivity index (χ1n) is 9.62. The molecule has 0 aliphatic carbocycles. The monoisotopic (exact) mass is 462 g/mol. The molecule has 0 aliphatic heterocycles. The number of carbonyl (C=O) groups excluding carboxylic acids is 1. The Bertz CT molecular complexity index is 1180. The van der Waals surface area contributed by atoms with E-state index < -0.39 is 23.9 Å². The second-order valence-corrected chi connectivity index (χ2v) is 7.91. The van der Waals surface area contributed by atoms with Gasteiger partial charge in [-0.2, -0.15) is 0 Å². The van der Waals surface area contributed by atoms with Crippen LogP contribution in [0.3, 0.4) is 0 Å². The Morgan fingerprint density at radius 3 is 2.58 bits per heavy atom. The summed E-state index contributed by atoms with van der Waals surface area (Å²) in [5, 5.41) is 13.9. The Kier molecular flexibility index (Phi) is 7.36. The fourth-order valence-corrected chi connectivity index (χ4v) is 3.55. The summed E-state index contributed by atoms with van der Waals surface area (Å²) in [6.45, 7) is -0.313. The van der Waals surface area contributed by atoms with Gasteiger partial charge in [-0.1, -0.05) is 47.5 Å². The van der Waals surface area contributed by atoms with Crippen molar-refractivity contribution in [3.63, 3.8) is 0 Å². The lowest BCUT2D eigenvalue weighted by molar-refractivity contribution is 0.0950. The maximum Gasteiger partial charge on any atom is 0.293 e. The van der Waals surface area contributed by atoms with Crippen molar-refractivity contribution < 1.29 is 14.3 Å². The molecule has 1 amide bonds. The van der Waals surface area contributed by atoms with Crippen LogP contribution in [-0.2, 0) is 20.1 Å². The number of pyridine rings is 1. The number of nitrogens with zero attached hydrogens (tertiary/aromatic N) is 1. The van der Waals surface area contributed by atoms with E-state index in [2.05, 4.69) is 5.32 Å². The second kappa shape index (κ2) is 9.98. The van der Waals surface area contributed by atoms with Crippen molar-refractivity contribution in [3.05, 3.63) is 85.6 Å². The highest BCUT2D eigenvalue weighted by Gasteiger charge is 2.18. The van der Waals surface area contributed by atoms with Gasteiger partial charge in [-0.15, -0.1) is 0 Å². The van der Waals surface area contributed by atoms with Gasteiger partial charge in [-0.3, -0.25) is 9.59 Å². The summed E-state index contributed by atoms with van der Waals surface area (Å²) < 4.78 is 14.3. The van der Waals surface area contributed by atoms with E-state index in [0.717, 1.165) is 5.56 Å². The van der Waals surface area contributed by atoms with Crippen LogP contribution in [0.15, 0.2) is 53.3 Å². The third kappa shape index (κ3) is 5.27. The number of alkyl halides is 1. The molecule has 0 radical (unpaired) electrons. The molecule has 2 aromatic carbocycles. The van der Waals surface area contributed by atoms with Crippen LogP contribution < -0.4 is 10.9 Å². The molecule has 0 unspecified atom stereocenters. The van der Waals surface area contributed by atoms with Crippen LogP contribution in [0, 0.1) is 0 Å². The van der Waals surface area contributed by atoms with E-state index in [1.54, 1.807) is 36.4 Å². The predicted molar refractivity (Wildman–Crippen MR) is 121 cm³/mol. The van der Waals surface area contributed by atoms with Gasteiger partial charge < -0.3 is 15.0 Å². The molecular formula is C23H21Cl2FN2O3. The zero-order chi connectivity index (χ0) is 22.5. The summed E-state index contributed by atoms with van der Waals surface area (Å²) in [6.07, 6.45) is 1.29. The molecule has 0 aliphatic rings. The van der Waals surface area contributed by atoms with Gasteiger partial charge in [-0.05, 0) is 53.8 Å². The van der Waals surface area contributed by atoms with Crippen LogP contribution in [0.4, 0.5) is 4.39 Å². The maximum absolute atomic E-state index is 13.0. The molecular weight excluding hydrogens is 442 g/mol. The van der Waals surface area contributed by atoms with Crippen LogP contribution in [0.2, 0.25) is 10.0 Å². The molecule has 0 bridgehead atoms. The SMILES string of the molecule is Cn1c(-c2cccc(CF)c2)cc(C(=O)NCCCc2ccc(Cl)c(Cl)c2)c(O)c1=O. The minimum absolute atomic E-state index is 0.127. The van der Waals surface area contributed by atoms with Crippen LogP contribution in [0.25, 0.3) is 11.3 Å². The fourth-order valence-electron chi connectivity index (χ4n) is 3.23. The normalized spacial score (nSPS) is 10.8. The Morgan fingerprint density at radius 2 is 1.87 bits per heavy atom. The van der Waals surface area contributed by atoms with E-state index in [1.807, 2.05) is 6.07 Å². The topological polar surface area (TPSA) is 71.3 Å². The number of hydrogen-bond acceptors (Lipinski definition) is 3. The van der Waals surface area contributed by atoms with E-state index in [4.69, 9.17) is 23.2 Å². The number of nitrogens with one attached hydrogen (secondary N) is 1. The van der Waals surface area contributed by atoms with Crippen LogP contribution in [0.5, 0.6) is 5.75 Å².